The summed E-state index contributed by atoms with van der Waals surface area (Å²) in [6.07, 6.45) is 9.56. The van der Waals surface area contributed by atoms with E-state index < -0.39 is 0 Å². The fourth-order valence-electron chi connectivity index (χ4n) is 1.95. The number of hydrogen-bond acceptors (Lipinski definition) is 4. The molecule has 1 aromatic rings. The van der Waals surface area contributed by atoms with Crippen LogP contribution in [0.1, 0.15) is 18.4 Å². The maximum absolute atomic E-state index is 10.1. The summed E-state index contributed by atoms with van der Waals surface area (Å²) in [5.41, 5.74) is 2.21. The average molecular weight is 304 g/mol. The summed E-state index contributed by atoms with van der Waals surface area (Å²) in [5, 5.41) is 5.65. The van der Waals surface area contributed by atoms with Gasteiger partial charge in [-0.15, -0.1) is 0 Å². The predicted octanol–water partition coefficient (Wildman–Crippen LogP) is 2.39. The molecule has 120 valence electrons. The lowest BCUT2D eigenvalue weighted by molar-refractivity contribution is -0.109. The van der Waals surface area contributed by atoms with E-state index in [2.05, 4.69) is 28.9 Å². The molecule has 5 nitrogen and oxygen atoms in total. The van der Waals surface area contributed by atoms with Crippen LogP contribution >= 0.6 is 0 Å². The summed E-state index contributed by atoms with van der Waals surface area (Å²) >= 11 is 0. The molecule has 0 atom stereocenters. The van der Waals surface area contributed by atoms with Crippen molar-refractivity contribution in [2.24, 2.45) is 0 Å². The Hall–Kier alpha value is -2.43. The van der Waals surface area contributed by atoms with Crippen molar-refractivity contribution in [3.63, 3.8) is 0 Å². The molecule has 0 radical (unpaired) electrons. The van der Waals surface area contributed by atoms with Crippen LogP contribution in [0.2, 0.25) is 0 Å². The molecule has 0 aromatic heterocycles. The lowest BCUT2D eigenvalue weighted by atomic mass is 10.1. The highest BCUT2D eigenvalue weighted by Crippen LogP contribution is 2.27. The molecule has 0 unspecified atom stereocenters. The molecule has 1 aliphatic carbocycles. The lowest BCUT2D eigenvalue weighted by Gasteiger charge is -2.08. The van der Waals surface area contributed by atoms with Crippen molar-refractivity contribution in [1.82, 2.24) is 10.6 Å². The van der Waals surface area contributed by atoms with Gasteiger partial charge in [-0.2, -0.15) is 0 Å². The van der Waals surface area contributed by atoms with Gasteiger partial charge in [0.1, 0.15) is 0 Å². The third-order valence-corrected chi connectivity index (χ3v) is 3.12. The van der Waals surface area contributed by atoms with Crippen molar-refractivity contribution in [2.45, 2.75) is 19.4 Å². The first-order valence-corrected chi connectivity index (χ1v) is 7.17. The van der Waals surface area contributed by atoms with Gasteiger partial charge >= 0.3 is 0 Å². The molecule has 5 heteroatoms. The second kappa shape index (κ2) is 10.3. The number of benzene rings is 1. The first-order valence-electron chi connectivity index (χ1n) is 7.17. The number of methoxy groups -OCH3 is 2. The normalized spacial score (nSPS) is 12.4. The molecule has 0 aliphatic heterocycles. The van der Waals surface area contributed by atoms with Crippen LogP contribution in [0.5, 0.6) is 11.5 Å². The van der Waals surface area contributed by atoms with Crippen LogP contribution in [0.4, 0.5) is 0 Å². The van der Waals surface area contributed by atoms with Crippen LogP contribution in [-0.2, 0) is 11.3 Å². The Morgan fingerprint density at radius 2 is 1.95 bits per heavy atom. The summed E-state index contributed by atoms with van der Waals surface area (Å²) in [6.45, 7) is 0.490. The lowest BCUT2D eigenvalue weighted by Crippen LogP contribution is -2.09. The summed E-state index contributed by atoms with van der Waals surface area (Å²) in [5.74, 6) is 1.35. The van der Waals surface area contributed by atoms with Gasteiger partial charge < -0.3 is 20.1 Å². The van der Waals surface area contributed by atoms with E-state index in [1.807, 2.05) is 19.2 Å². The fraction of sp³-hybridized carbons (Fsp3) is 0.353. The number of ether oxygens (including phenoxy) is 2. The van der Waals surface area contributed by atoms with Gasteiger partial charge in [0.15, 0.2) is 11.5 Å². The van der Waals surface area contributed by atoms with Gasteiger partial charge in [-0.05, 0) is 36.6 Å². The Morgan fingerprint density at radius 3 is 2.45 bits per heavy atom. The summed E-state index contributed by atoms with van der Waals surface area (Å²) in [7, 11) is 5.11. The van der Waals surface area contributed by atoms with E-state index >= 15 is 0 Å². The van der Waals surface area contributed by atoms with E-state index in [0.29, 0.717) is 24.5 Å². The van der Waals surface area contributed by atoms with Gasteiger partial charge in [-0.1, -0.05) is 18.2 Å². The third kappa shape index (κ3) is 5.91. The highest BCUT2D eigenvalue weighted by atomic mass is 16.5. The molecule has 0 saturated carbocycles. The minimum Gasteiger partial charge on any atom is -0.493 e. The molecule has 1 aliphatic rings. The molecular weight excluding hydrogens is 280 g/mol. The van der Waals surface area contributed by atoms with Crippen LogP contribution in [0, 0.1) is 0 Å². The number of carbonyl (C=O) groups excluding carboxylic acids is 1. The van der Waals surface area contributed by atoms with Crippen molar-refractivity contribution >= 4 is 6.41 Å². The van der Waals surface area contributed by atoms with E-state index in [9.17, 15) is 4.79 Å². The first kappa shape index (κ1) is 17.6. The molecule has 0 bridgehead atoms. The van der Waals surface area contributed by atoms with Gasteiger partial charge in [0.2, 0.25) is 6.41 Å². The van der Waals surface area contributed by atoms with E-state index in [1.165, 1.54) is 18.5 Å². The average Bonchev–Trinajstić information content (AvgIpc) is 2.60. The molecule has 0 saturated heterocycles. The molecule has 2 rings (SSSR count). The molecule has 22 heavy (non-hydrogen) atoms. The zero-order chi connectivity index (χ0) is 16.2. The Balaban J connectivity index is 0.000000255. The molecule has 0 fully saturated rings. The number of likely N-dealkylation sites (N-methyl/N-ethyl adjacent to an activating group) is 1. The second-order valence-electron chi connectivity index (χ2n) is 4.58. The summed E-state index contributed by atoms with van der Waals surface area (Å²) in [6, 6.07) is 5.51. The van der Waals surface area contributed by atoms with Crippen molar-refractivity contribution in [2.75, 3.05) is 21.3 Å². The third-order valence-electron chi connectivity index (χ3n) is 3.12. The predicted molar refractivity (Wildman–Crippen MR) is 88.0 cm³/mol. The topological polar surface area (TPSA) is 59.6 Å². The van der Waals surface area contributed by atoms with E-state index in [4.69, 9.17) is 9.47 Å². The number of allylic oxidation sites excluding steroid dienone is 3. The zero-order valence-electron chi connectivity index (χ0n) is 13.4. The number of nitrogens with one attached hydrogen (secondary N) is 2. The summed E-state index contributed by atoms with van der Waals surface area (Å²) in [4.78, 5) is 10.1. The number of carbonyl (C=O) groups is 1. The smallest absolute Gasteiger partial charge is 0.207 e. The molecule has 1 amide bonds. The maximum Gasteiger partial charge on any atom is 0.207 e. The molecular formula is C17H24N2O3. The number of amides is 1. The van der Waals surface area contributed by atoms with Crippen LogP contribution in [0.3, 0.4) is 0 Å². The fourth-order valence-corrected chi connectivity index (χ4v) is 1.95. The zero-order valence-corrected chi connectivity index (χ0v) is 13.4. The van der Waals surface area contributed by atoms with Gasteiger partial charge in [0.25, 0.3) is 0 Å². The van der Waals surface area contributed by atoms with Crippen LogP contribution in [0.25, 0.3) is 0 Å². The van der Waals surface area contributed by atoms with Crippen LogP contribution in [0.15, 0.2) is 42.1 Å². The Bertz CT molecular complexity index is 525. The number of rotatable bonds is 6. The van der Waals surface area contributed by atoms with E-state index in [1.54, 1.807) is 20.3 Å². The van der Waals surface area contributed by atoms with Gasteiger partial charge in [-0.3, -0.25) is 4.79 Å². The molecule has 0 spiro atoms. The Kier molecular flexibility index (Phi) is 8.27. The Morgan fingerprint density at radius 1 is 1.18 bits per heavy atom. The van der Waals surface area contributed by atoms with Crippen molar-refractivity contribution in [1.29, 1.82) is 0 Å². The largest absolute Gasteiger partial charge is 0.493 e. The van der Waals surface area contributed by atoms with Crippen molar-refractivity contribution < 1.29 is 14.3 Å². The molecule has 2 N–H and O–H groups in total. The highest BCUT2D eigenvalue weighted by Gasteiger charge is 2.03. The Labute approximate surface area is 132 Å². The monoisotopic (exact) mass is 304 g/mol. The number of hydrogen-bond donors (Lipinski definition) is 2. The maximum atomic E-state index is 10.1. The minimum atomic E-state index is 0.490. The van der Waals surface area contributed by atoms with Crippen molar-refractivity contribution in [3.8, 4) is 11.5 Å². The van der Waals surface area contributed by atoms with Crippen LogP contribution in [-0.4, -0.2) is 27.7 Å². The van der Waals surface area contributed by atoms with E-state index in [0.717, 1.165) is 5.56 Å². The van der Waals surface area contributed by atoms with Crippen molar-refractivity contribution in [3.05, 3.63) is 47.7 Å². The first-order chi connectivity index (χ1) is 10.7. The summed E-state index contributed by atoms with van der Waals surface area (Å²) < 4.78 is 10.2. The van der Waals surface area contributed by atoms with Gasteiger partial charge in [0.05, 0.1) is 14.2 Å². The molecule has 0 heterocycles. The van der Waals surface area contributed by atoms with Gasteiger partial charge in [-0.25, -0.2) is 0 Å². The SMILES string of the molecule is CNC1=CCCC=C1.COc1ccc(CNC=O)cc1OC. The standard InChI is InChI=1S/C10H13NO3.C7H11N/c1-13-9-4-3-8(6-11-7-12)5-10(9)14-2;1-8-7-5-3-2-4-6-7/h3-5,7H,6H2,1-2H3,(H,11,12);3,5-6,8H,2,4H2,1H3. The minimum absolute atomic E-state index is 0.490. The van der Waals surface area contributed by atoms with E-state index in [-0.39, 0.29) is 0 Å². The molecule has 1 aromatic carbocycles. The van der Waals surface area contributed by atoms with Crippen LogP contribution < -0.4 is 20.1 Å². The highest BCUT2D eigenvalue weighted by molar-refractivity contribution is 5.47. The second-order valence-corrected chi connectivity index (χ2v) is 4.58. The quantitative estimate of drug-likeness (QED) is 0.792. The van der Waals surface area contributed by atoms with Gasteiger partial charge in [0, 0.05) is 19.3 Å².